The van der Waals surface area contributed by atoms with Gasteiger partial charge in [-0.15, -0.1) is 0 Å². The van der Waals surface area contributed by atoms with E-state index in [1.807, 2.05) is 41.4 Å². The Labute approximate surface area is 142 Å². The number of ether oxygens (including phenoxy) is 1. The third-order valence-corrected chi connectivity index (χ3v) is 4.00. The van der Waals surface area contributed by atoms with Crippen LogP contribution in [0.25, 0.3) is 11.3 Å². The molecule has 0 amide bonds. The first kappa shape index (κ1) is 16.3. The highest BCUT2D eigenvalue weighted by Crippen LogP contribution is 2.22. The van der Waals surface area contributed by atoms with Gasteiger partial charge < -0.3 is 15.0 Å². The molecular formula is C20H23N3O. The Bertz CT molecular complexity index is 775. The number of benzene rings is 2. The summed E-state index contributed by atoms with van der Waals surface area (Å²) in [6, 6.07) is 16.2. The Morgan fingerprint density at radius 3 is 2.46 bits per heavy atom. The average Bonchev–Trinajstić information content (AvgIpc) is 3.03. The van der Waals surface area contributed by atoms with Crippen molar-refractivity contribution in [2.45, 2.75) is 26.4 Å². The van der Waals surface area contributed by atoms with Gasteiger partial charge in [-0.05, 0) is 25.0 Å². The van der Waals surface area contributed by atoms with E-state index >= 15 is 0 Å². The fraction of sp³-hybridized carbons (Fsp3) is 0.250. The topological polar surface area (TPSA) is 53.1 Å². The minimum Gasteiger partial charge on any atom is -0.491 e. The quantitative estimate of drug-likeness (QED) is 0.755. The molecule has 0 radical (unpaired) electrons. The molecule has 0 aliphatic rings. The van der Waals surface area contributed by atoms with E-state index in [0.29, 0.717) is 13.2 Å². The predicted octanol–water partition coefficient (Wildman–Crippen LogP) is 3.57. The summed E-state index contributed by atoms with van der Waals surface area (Å²) in [7, 11) is 0. The summed E-state index contributed by atoms with van der Waals surface area (Å²) in [4.78, 5) is 4.45. The van der Waals surface area contributed by atoms with Crippen molar-refractivity contribution < 1.29 is 4.74 Å². The number of hydrogen-bond acceptors (Lipinski definition) is 3. The lowest BCUT2D eigenvalue weighted by Crippen LogP contribution is -2.32. The number of nitrogens with two attached hydrogens (primary N) is 1. The Morgan fingerprint density at radius 2 is 1.75 bits per heavy atom. The van der Waals surface area contributed by atoms with Gasteiger partial charge in [0.15, 0.2) is 0 Å². The van der Waals surface area contributed by atoms with Crippen LogP contribution in [-0.2, 0) is 6.54 Å². The van der Waals surface area contributed by atoms with Gasteiger partial charge in [0.25, 0.3) is 0 Å². The van der Waals surface area contributed by atoms with E-state index in [1.54, 1.807) is 0 Å². The maximum Gasteiger partial charge on any atom is 0.125 e. The second-order valence-electron chi connectivity index (χ2n) is 6.11. The molecule has 0 saturated heterocycles. The van der Waals surface area contributed by atoms with Crippen LogP contribution in [0, 0.1) is 13.8 Å². The Morgan fingerprint density at radius 1 is 1.04 bits per heavy atom. The third-order valence-electron chi connectivity index (χ3n) is 4.00. The number of rotatable bonds is 6. The number of imidazole rings is 1. The molecule has 2 aromatic carbocycles. The molecular weight excluding hydrogens is 298 g/mol. The number of nitrogens with zero attached hydrogens (tertiary/aromatic N) is 2. The molecule has 3 aromatic rings. The summed E-state index contributed by atoms with van der Waals surface area (Å²) >= 11 is 0. The van der Waals surface area contributed by atoms with Crippen LogP contribution in [0.2, 0.25) is 0 Å². The van der Waals surface area contributed by atoms with E-state index in [-0.39, 0.29) is 6.04 Å². The van der Waals surface area contributed by atoms with Gasteiger partial charge in [-0.25, -0.2) is 4.98 Å². The summed E-state index contributed by atoms with van der Waals surface area (Å²) in [6.45, 7) is 5.25. The lowest BCUT2D eigenvalue weighted by atomic mass is 10.1. The monoisotopic (exact) mass is 321 g/mol. The van der Waals surface area contributed by atoms with Gasteiger partial charge in [0.05, 0.1) is 18.1 Å². The fourth-order valence-electron chi connectivity index (χ4n) is 2.76. The highest BCUT2D eigenvalue weighted by Gasteiger charge is 2.09. The van der Waals surface area contributed by atoms with Gasteiger partial charge in [0.2, 0.25) is 0 Å². The van der Waals surface area contributed by atoms with Crippen LogP contribution in [0.5, 0.6) is 5.75 Å². The summed E-state index contributed by atoms with van der Waals surface area (Å²) in [5, 5.41) is 0. The molecule has 4 heteroatoms. The highest BCUT2D eigenvalue weighted by atomic mass is 16.5. The van der Waals surface area contributed by atoms with E-state index < -0.39 is 0 Å². The Kier molecular flexibility index (Phi) is 4.96. The zero-order valence-electron chi connectivity index (χ0n) is 14.1. The van der Waals surface area contributed by atoms with Crippen molar-refractivity contribution in [3.63, 3.8) is 0 Å². The maximum absolute atomic E-state index is 6.23. The minimum atomic E-state index is -0.0955. The van der Waals surface area contributed by atoms with Gasteiger partial charge in [-0.3, -0.25) is 0 Å². The Balaban J connectivity index is 1.59. The molecule has 0 bridgehead atoms. The van der Waals surface area contributed by atoms with Crippen molar-refractivity contribution in [2.24, 2.45) is 5.73 Å². The zero-order valence-corrected chi connectivity index (χ0v) is 14.1. The van der Waals surface area contributed by atoms with Crippen LogP contribution in [0.15, 0.2) is 61.1 Å². The molecule has 0 saturated carbocycles. The lowest BCUT2D eigenvalue weighted by molar-refractivity contribution is 0.272. The largest absolute Gasteiger partial charge is 0.491 e. The fourth-order valence-corrected chi connectivity index (χ4v) is 2.76. The molecule has 2 N–H and O–H groups in total. The molecule has 0 aliphatic heterocycles. The van der Waals surface area contributed by atoms with Crippen molar-refractivity contribution in [1.29, 1.82) is 0 Å². The van der Waals surface area contributed by atoms with E-state index in [4.69, 9.17) is 10.5 Å². The summed E-state index contributed by atoms with van der Waals surface area (Å²) in [5.74, 6) is 0.934. The molecule has 0 aliphatic carbocycles. The van der Waals surface area contributed by atoms with E-state index in [2.05, 4.69) is 43.1 Å². The molecule has 0 fully saturated rings. The smallest absolute Gasteiger partial charge is 0.125 e. The normalized spacial score (nSPS) is 12.1. The van der Waals surface area contributed by atoms with Crippen LogP contribution >= 0.6 is 0 Å². The van der Waals surface area contributed by atoms with E-state index in [9.17, 15) is 0 Å². The van der Waals surface area contributed by atoms with Crippen LogP contribution < -0.4 is 10.5 Å². The lowest BCUT2D eigenvalue weighted by Gasteiger charge is -2.16. The second kappa shape index (κ2) is 7.32. The number of para-hydroxylation sites is 1. The molecule has 3 rings (SSSR count). The SMILES string of the molecule is Cc1cccc(C)c1OCC(N)Cn1cnc(-c2ccccc2)c1. The van der Waals surface area contributed by atoms with Gasteiger partial charge in [-0.2, -0.15) is 0 Å². The first-order valence-corrected chi connectivity index (χ1v) is 8.15. The molecule has 1 unspecified atom stereocenters. The first-order valence-electron chi connectivity index (χ1n) is 8.15. The zero-order chi connectivity index (χ0) is 16.9. The van der Waals surface area contributed by atoms with Crippen LogP contribution in [0.1, 0.15) is 11.1 Å². The second-order valence-corrected chi connectivity index (χ2v) is 6.11. The highest BCUT2D eigenvalue weighted by molar-refractivity contribution is 5.57. The van der Waals surface area contributed by atoms with Crippen molar-refractivity contribution in [2.75, 3.05) is 6.61 Å². The van der Waals surface area contributed by atoms with E-state index in [1.165, 1.54) is 0 Å². The van der Waals surface area contributed by atoms with Gasteiger partial charge in [0.1, 0.15) is 12.4 Å². The van der Waals surface area contributed by atoms with Gasteiger partial charge in [0, 0.05) is 18.3 Å². The molecule has 1 heterocycles. The first-order chi connectivity index (χ1) is 11.6. The predicted molar refractivity (Wildman–Crippen MR) is 97.0 cm³/mol. The minimum absolute atomic E-state index is 0.0955. The third kappa shape index (κ3) is 3.84. The standard InChI is InChI=1S/C20H23N3O/c1-15-7-6-8-16(2)20(15)24-13-18(21)11-23-12-19(22-14-23)17-9-4-3-5-10-17/h3-10,12,14,18H,11,13,21H2,1-2H3. The van der Waals surface area contributed by atoms with Gasteiger partial charge >= 0.3 is 0 Å². The van der Waals surface area contributed by atoms with Crippen LogP contribution in [-0.4, -0.2) is 22.2 Å². The number of hydrogen-bond donors (Lipinski definition) is 1. The molecule has 4 nitrogen and oxygen atoms in total. The molecule has 0 spiro atoms. The van der Waals surface area contributed by atoms with Crippen molar-refractivity contribution >= 4 is 0 Å². The molecule has 1 aromatic heterocycles. The molecule has 24 heavy (non-hydrogen) atoms. The van der Waals surface area contributed by atoms with Crippen molar-refractivity contribution in [3.8, 4) is 17.0 Å². The molecule has 124 valence electrons. The van der Waals surface area contributed by atoms with Crippen LogP contribution in [0.4, 0.5) is 0 Å². The summed E-state index contributed by atoms with van der Waals surface area (Å²) in [5.41, 5.74) is 10.6. The van der Waals surface area contributed by atoms with E-state index in [0.717, 1.165) is 28.1 Å². The Hall–Kier alpha value is -2.59. The van der Waals surface area contributed by atoms with Gasteiger partial charge in [-0.1, -0.05) is 48.5 Å². The molecule has 1 atom stereocenters. The number of aryl methyl sites for hydroxylation is 2. The number of aromatic nitrogens is 2. The summed E-state index contributed by atoms with van der Waals surface area (Å²) in [6.07, 6.45) is 3.84. The average molecular weight is 321 g/mol. The summed E-state index contributed by atoms with van der Waals surface area (Å²) < 4.78 is 7.95. The van der Waals surface area contributed by atoms with Crippen LogP contribution in [0.3, 0.4) is 0 Å². The maximum atomic E-state index is 6.23. The van der Waals surface area contributed by atoms with Crippen molar-refractivity contribution in [1.82, 2.24) is 9.55 Å². The van der Waals surface area contributed by atoms with Crippen molar-refractivity contribution in [3.05, 3.63) is 72.2 Å².